The predicted molar refractivity (Wildman–Crippen MR) is 34.0 cm³/mol. The molecule has 1 fully saturated rings. The lowest BCUT2D eigenvalue weighted by atomic mass is 10.1. The molecule has 0 aromatic carbocycles. The van der Waals surface area contributed by atoms with Crippen LogP contribution < -0.4 is 0 Å². The van der Waals surface area contributed by atoms with Gasteiger partial charge in [-0.15, -0.1) is 0 Å². The highest BCUT2D eigenvalue weighted by Crippen LogP contribution is 2.31. The Morgan fingerprint density at radius 3 is 2.67 bits per heavy atom. The number of carbonyl (C=O) groups excluding carboxylic acids is 1. The van der Waals surface area contributed by atoms with Gasteiger partial charge >= 0.3 is 0 Å². The van der Waals surface area contributed by atoms with Crippen molar-refractivity contribution >= 4 is 5.78 Å². The van der Waals surface area contributed by atoms with E-state index in [1.54, 1.807) is 0 Å². The summed E-state index contributed by atoms with van der Waals surface area (Å²) < 4.78 is 0. The number of hydrogen-bond acceptors (Lipinski definition) is 2. The number of hydrogen-bond donors (Lipinski definition) is 1. The molecule has 0 radical (unpaired) electrons. The minimum absolute atomic E-state index is 0.0532. The van der Waals surface area contributed by atoms with Crippen molar-refractivity contribution in [2.24, 2.45) is 5.92 Å². The Hall–Kier alpha value is -0.370. The molecule has 2 heteroatoms. The van der Waals surface area contributed by atoms with Crippen molar-refractivity contribution in [3.63, 3.8) is 0 Å². The Labute approximate surface area is 54.9 Å². The standard InChI is InChI=1S/C7H12O2/c1-2-6(8)7(9)5-3-4-5/h5-6,8H,2-4H2,1H3. The summed E-state index contributed by atoms with van der Waals surface area (Å²) in [6.45, 7) is 1.82. The van der Waals surface area contributed by atoms with Gasteiger partial charge in [0, 0.05) is 5.92 Å². The Morgan fingerprint density at radius 1 is 1.78 bits per heavy atom. The molecule has 0 bridgehead atoms. The highest BCUT2D eigenvalue weighted by molar-refractivity contribution is 5.86. The van der Waals surface area contributed by atoms with Crippen LogP contribution >= 0.6 is 0 Å². The van der Waals surface area contributed by atoms with Crippen LogP contribution in [-0.2, 0) is 4.79 Å². The molecule has 1 atom stereocenters. The first-order valence-electron chi connectivity index (χ1n) is 3.47. The zero-order valence-corrected chi connectivity index (χ0v) is 5.63. The molecule has 1 aliphatic carbocycles. The zero-order chi connectivity index (χ0) is 6.85. The summed E-state index contributed by atoms with van der Waals surface area (Å²) >= 11 is 0. The van der Waals surface area contributed by atoms with Gasteiger partial charge in [-0.2, -0.15) is 0 Å². The molecule has 1 aliphatic rings. The molecular weight excluding hydrogens is 116 g/mol. The highest BCUT2D eigenvalue weighted by Gasteiger charge is 2.32. The van der Waals surface area contributed by atoms with Crippen molar-refractivity contribution in [3.05, 3.63) is 0 Å². The first kappa shape index (κ1) is 6.75. The minimum Gasteiger partial charge on any atom is -0.385 e. The van der Waals surface area contributed by atoms with Gasteiger partial charge in [-0.1, -0.05) is 6.92 Å². The topological polar surface area (TPSA) is 37.3 Å². The summed E-state index contributed by atoms with van der Waals surface area (Å²) in [4.78, 5) is 10.9. The van der Waals surface area contributed by atoms with Gasteiger partial charge in [0.2, 0.25) is 0 Å². The van der Waals surface area contributed by atoms with Crippen LogP contribution in [0.25, 0.3) is 0 Å². The van der Waals surface area contributed by atoms with Crippen molar-refractivity contribution in [1.29, 1.82) is 0 Å². The van der Waals surface area contributed by atoms with Gasteiger partial charge in [0.1, 0.15) is 6.10 Å². The SMILES string of the molecule is CCC(O)C(=O)C1CC1. The van der Waals surface area contributed by atoms with Crippen molar-refractivity contribution in [1.82, 2.24) is 0 Å². The third-order valence-electron chi connectivity index (χ3n) is 1.69. The maximum atomic E-state index is 10.9. The summed E-state index contributed by atoms with van der Waals surface area (Å²) in [5.74, 6) is 0.262. The number of rotatable bonds is 3. The smallest absolute Gasteiger partial charge is 0.164 e. The van der Waals surface area contributed by atoms with E-state index in [1.807, 2.05) is 6.92 Å². The second-order valence-electron chi connectivity index (χ2n) is 2.60. The summed E-state index contributed by atoms with van der Waals surface area (Å²) in [6.07, 6.45) is 1.87. The Kier molecular flexibility index (Phi) is 1.86. The van der Waals surface area contributed by atoms with Crippen LogP contribution in [0.3, 0.4) is 0 Å². The molecule has 1 unspecified atom stereocenters. The quantitative estimate of drug-likeness (QED) is 0.608. The van der Waals surface area contributed by atoms with E-state index in [2.05, 4.69) is 0 Å². The fourth-order valence-electron chi connectivity index (χ4n) is 0.841. The van der Waals surface area contributed by atoms with Gasteiger partial charge in [-0.25, -0.2) is 0 Å². The van der Waals surface area contributed by atoms with E-state index in [0.29, 0.717) is 6.42 Å². The lowest BCUT2D eigenvalue weighted by Gasteiger charge is -2.02. The average molecular weight is 128 g/mol. The van der Waals surface area contributed by atoms with E-state index < -0.39 is 6.10 Å². The van der Waals surface area contributed by atoms with Crippen LogP contribution in [0.4, 0.5) is 0 Å². The van der Waals surface area contributed by atoms with Crippen LogP contribution in [0.5, 0.6) is 0 Å². The van der Waals surface area contributed by atoms with Gasteiger partial charge < -0.3 is 5.11 Å². The second kappa shape index (κ2) is 2.48. The third kappa shape index (κ3) is 1.52. The Bertz CT molecular complexity index is 116. The van der Waals surface area contributed by atoms with Crippen molar-refractivity contribution < 1.29 is 9.90 Å². The second-order valence-corrected chi connectivity index (χ2v) is 2.60. The maximum Gasteiger partial charge on any atom is 0.164 e. The fourth-order valence-corrected chi connectivity index (χ4v) is 0.841. The first-order chi connectivity index (χ1) is 4.25. The van der Waals surface area contributed by atoms with Crippen LogP contribution in [0.15, 0.2) is 0 Å². The molecule has 0 heterocycles. The molecule has 0 aromatic heterocycles. The molecule has 1 N–H and O–H groups in total. The zero-order valence-electron chi connectivity index (χ0n) is 5.63. The van der Waals surface area contributed by atoms with Crippen molar-refractivity contribution in [3.8, 4) is 0 Å². The lowest BCUT2D eigenvalue weighted by Crippen LogP contribution is -2.20. The first-order valence-corrected chi connectivity index (χ1v) is 3.47. The highest BCUT2D eigenvalue weighted by atomic mass is 16.3. The minimum atomic E-state index is -0.683. The number of ketones is 1. The third-order valence-corrected chi connectivity index (χ3v) is 1.69. The molecule has 0 aliphatic heterocycles. The van der Waals surface area contributed by atoms with E-state index in [0.717, 1.165) is 12.8 Å². The molecule has 0 aromatic rings. The van der Waals surface area contributed by atoms with Gasteiger partial charge in [0.25, 0.3) is 0 Å². The van der Waals surface area contributed by atoms with E-state index in [9.17, 15) is 4.79 Å². The molecule has 52 valence electrons. The van der Waals surface area contributed by atoms with Gasteiger partial charge in [0.05, 0.1) is 0 Å². The number of carbonyl (C=O) groups is 1. The molecule has 1 saturated carbocycles. The molecule has 1 rings (SSSR count). The van der Waals surface area contributed by atoms with Crippen LogP contribution in [-0.4, -0.2) is 17.0 Å². The summed E-state index contributed by atoms with van der Waals surface area (Å²) in [5.41, 5.74) is 0. The van der Waals surface area contributed by atoms with Crippen molar-refractivity contribution in [2.75, 3.05) is 0 Å². The Morgan fingerprint density at radius 2 is 2.33 bits per heavy atom. The lowest BCUT2D eigenvalue weighted by molar-refractivity contribution is -0.128. The predicted octanol–water partition coefficient (Wildman–Crippen LogP) is 0.736. The summed E-state index contributed by atoms with van der Waals surface area (Å²) in [6, 6.07) is 0. The van der Waals surface area contributed by atoms with E-state index in [4.69, 9.17) is 5.11 Å². The maximum absolute atomic E-state index is 10.9. The molecule has 0 spiro atoms. The van der Waals surface area contributed by atoms with E-state index in [-0.39, 0.29) is 11.7 Å². The Balaban J connectivity index is 2.31. The molecule has 9 heavy (non-hydrogen) atoms. The van der Waals surface area contributed by atoms with Gasteiger partial charge in [-0.05, 0) is 19.3 Å². The monoisotopic (exact) mass is 128 g/mol. The summed E-state index contributed by atoms with van der Waals surface area (Å²) in [7, 11) is 0. The van der Waals surface area contributed by atoms with E-state index in [1.165, 1.54) is 0 Å². The molecule has 0 saturated heterocycles. The molecule has 0 amide bonds. The number of aliphatic hydroxyl groups excluding tert-OH is 1. The van der Waals surface area contributed by atoms with Crippen LogP contribution in [0.2, 0.25) is 0 Å². The van der Waals surface area contributed by atoms with Crippen molar-refractivity contribution in [2.45, 2.75) is 32.3 Å². The molecular formula is C7H12O2. The normalized spacial score (nSPS) is 21.6. The summed E-state index contributed by atoms with van der Waals surface area (Å²) in [5, 5.41) is 8.99. The van der Waals surface area contributed by atoms with Gasteiger partial charge in [0.15, 0.2) is 5.78 Å². The molecule has 2 nitrogen and oxygen atoms in total. The largest absolute Gasteiger partial charge is 0.385 e. The van der Waals surface area contributed by atoms with E-state index >= 15 is 0 Å². The van der Waals surface area contributed by atoms with Gasteiger partial charge in [-0.3, -0.25) is 4.79 Å². The van der Waals surface area contributed by atoms with Crippen LogP contribution in [0, 0.1) is 5.92 Å². The average Bonchev–Trinajstić information content (AvgIpc) is 2.66. The van der Waals surface area contributed by atoms with Crippen LogP contribution in [0.1, 0.15) is 26.2 Å². The number of Topliss-reactive ketones (excluding diaryl/α,β-unsaturated/α-hetero) is 1. The number of aliphatic hydroxyl groups is 1. The fraction of sp³-hybridized carbons (Fsp3) is 0.857.